The molecule has 3 aromatic carbocycles. The lowest BCUT2D eigenvalue weighted by Gasteiger charge is -2.20. The molecule has 0 radical (unpaired) electrons. The van der Waals surface area contributed by atoms with Gasteiger partial charge in [-0.3, -0.25) is 14.9 Å². The number of hydrogen-bond acceptors (Lipinski definition) is 8. The molecular weight excluding hydrogens is 528 g/mol. The van der Waals surface area contributed by atoms with Gasteiger partial charge in [-0.1, -0.05) is 35.9 Å². The van der Waals surface area contributed by atoms with Crippen molar-refractivity contribution in [1.29, 1.82) is 0 Å². The summed E-state index contributed by atoms with van der Waals surface area (Å²) >= 11 is 6.49. The number of benzene rings is 3. The molecule has 0 saturated heterocycles. The first kappa shape index (κ1) is 28.0. The van der Waals surface area contributed by atoms with Crippen LogP contribution in [0, 0.1) is 6.92 Å². The lowest BCUT2D eigenvalue weighted by Crippen LogP contribution is -2.39. The van der Waals surface area contributed by atoms with E-state index in [2.05, 4.69) is 5.32 Å². The monoisotopic (exact) mass is 556 g/mol. The molecule has 4 rings (SSSR count). The highest BCUT2D eigenvalue weighted by Gasteiger charge is 2.19. The Morgan fingerprint density at radius 3 is 2.54 bits per heavy atom. The van der Waals surface area contributed by atoms with Gasteiger partial charge in [0.1, 0.15) is 37.4 Å². The van der Waals surface area contributed by atoms with Crippen LogP contribution in [0.3, 0.4) is 0 Å². The summed E-state index contributed by atoms with van der Waals surface area (Å²) in [5.41, 5.74) is 9.64. The van der Waals surface area contributed by atoms with Crippen LogP contribution in [0.4, 0.5) is 0 Å². The van der Waals surface area contributed by atoms with Gasteiger partial charge in [0.25, 0.3) is 5.91 Å². The van der Waals surface area contributed by atoms with Gasteiger partial charge in [-0.25, -0.2) is 0 Å². The highest BCUT2D eigenvalue weighted by Crippen LogP contribution is 2.37. The Balaban J connectivity index is 1.54. The number of nitrogens with two attached hydrogens (primary N) is 1. The average molecular weight is 557 g/mol. The van der Waals surface area contributed by atoms with Gasteiger partial charge in [0.05, 0.1) is 11.6 Å². The molecule has 3 aromatic rings. The molecule has 0 aliphatic carbocycles. The second-order valence-electron chi connectivity index (χ2n) is 8.84. The van der Waals surface area contributed by atoms with Gasteiger partial charge >= 0.3 is 5.97 Å². The highest BCUT2D eigenvalue weighted by atomic mass is 35.5. The number of amides is 1. The largest absolute Gasteiger partial charge is 0.487 e. The van der Waals surface area contributed by atoms with Crippen molar-refractivity contribution in [1.82, 2.24) is 5.32 Å². The molecule has 0 spiro atoms. The molecule has 1 atom stereocenters. The van der Waals surface area contributed by atoms with E-state index in [0.717, 1.165) is 28.0 Å². The van der Waals surface area contributed by atoms with Crippen LogP contribution in [-0.2, 0) is 22.7 Å². The summed E-state index contributed by atoms with van der Waals surface area (Å²) in [5.74, 6) is 0.0807. The molecule has 206 valence electrons. The first-order chi connectivity index (χ1) is 18.8. The number of fused-ring (bicyclic) bond motifs is 1. The average Bonchev–Trinajstić information content (AvgIpc) is 2.92. The quantitative estimate of drug-likeness (QED) is 0.264. The number of carbonyl (C=O) groups is 2. The molecular formula is C28H29ClN2O8. The fourth-order valence-electron chi connectivity index (χ4n) is 4.09. The van der Waals surface area contributed by atoms with Crippen LogP contribution in [-0.4, -0.2) is 54.6 Å². The van der Waals surface area contributed by atoms with Crippen LogP contribution in [0.25, 0.3) is 11.1 Å². The summed E-state index contributed by atoms with van der Waals surface area (Å²) in [7, 11) is 0. The van der Waals surface area contributed by atoms with E-state index in [1.54, 1.807) is 6.07 Å². The topological polar surface area (TPSA) is 150 Å². The first-order valence-electron chi connectivity index (χ1n) is 12.2. The van der Waals surface area contributed by atoms with Crippen molar-refractivity contribution in [3.63, 3.8) is 0 Å². The Hall–Kier alpha value is -3.99. The number of hydrogen-bond donors (Lipinski definition) is 4. The Morgan fingerprint density at radius 2 is 1.82 bits per heavy atom. The van der Waals surface area contributed by atoms with Gasteiger partial charge in [0.15, 0.2) is 18.1 Å². The summed E-state index contributed by atoms with van der Waals surface area (Å²) in [6.07, 6.45) is 0. The van der Waals surface area contributed by atoms with E-state index >= 15 is 0 Å². The van der Waals surface area contributed by atoms with E-state index in [0.29, 0.717) is 30.3 Å². The first-order valence-corrected chi connectivity index (χ1v) is 12.6. The molecule has 0 fully saturated rings. The minimum atomic E-state index is -1.21. The van der Waals surface area contributed by atoms with Crippen molar-refractivity contribution in [3.8, 4) is 34.1 Å². The van der Waals surface area contributed by atoms with Gasteiger partial charge in [-0.2, -0.15) is 0 Å². The fraction of sp³-hybridized carbons (Fsp3) is 0.286. The van der Waals surface area contributed by atoms with Crippen LogP contribution < -0.4 is 30.0 Å². The number of nitrogens with one attached hydrogen (secondary N) is 1. The van der Waals surface area contributed by atoms with Crippen molar-refractivity contribution < 1.29 is 38.7 Å². The molecule has 1 amide bonds. The zero-order chi connectivity index (χ0) is 27.9. The number of aliphatic hydroxyl groups excluding tert-OH is 1. The molecule has 39 heavy (non-hydrogen) atoms. The zero-order valence-electron chi connectivity index (χ0n) is 21.2. The van der Waals surface area contributed by atoms with Crippen molar-refractivity contribution >= 4 is 23.5 Å². The van der Waals surface area contributed by atoms with E-state index in [1.807, 2.05) is 43.3 Å². The van der Waals surface area contributed by atoms with Gasteiger partial charge in [-0.05, 0) is 47.4 Å². The van der Waals surface area contributed by atoms with E-state index in [4.69, 9.17) is 41.4 Å². The second-order valence-corrected chi connectivity index (χ2v) is 9.24. The van der Waals surface area contributed by atoms with Crippen molar-refractivity contribution in [2.45, 2.75) is 26.1 Å². The van der Waals surface area contributed by atoms with Crippen LogP contribution >= 0.6 is 11.6 Å². The predicted octanol–water partition coefficient (Wildman–Crippen LogP) is 3.06. The molecule has 0 aromatic heterocycles. The summed E-state index contributed by atoms with van der Waals surface area (Å²) in [6, 6.07) is 13.6. The third-order valence-corrected chi connectivity index (χ3v) is 6.48. The predicted molar refractivity (Wildman–Crippen MR) is 143 cm³/mol. The molecule has 10 nitrogen and oxygen atoms in total. The zero-order valence-corrected chi connectivity index (χ0v) is 22.0. The highest BCUT2D eigenvalue weighted by molar-refractivity contribution is 6.32. The van der Waals surface area contributed by atoms with Gasteiger partial charge in [0.2, 0.25) is 0 Å². The molecule has 1 unspecified atom stereocenters. The summed E-state index contributed by atoms with van der Waals surface area (Å²) < 4.78 is 22.9. The third-order valence-electron chi connectivity index (χ3n) is 6.19. The van der Waals surface area contributed by atoms with Crippen molar-refractivity contribution in [2.24, 2.45) is 5.73 Å². The Morgan fingerprint density at radius 1 is 1.05 bits per heavy atom. The van der Waals surface area contributed by atoms with Crippen LogP contribution in [0.5, 0.6) is 23.0 Å². The number of carboxylic acids is 1. The minimum absolute atomic E-state index is 0.00229. The van der Waals surface area contributed by atoms with Gasteiger partial charge < -0.3 is 34.9 Å². The normalized spacial score (nSPS) is 13.0. The van der Waals surface area contributed by atoms with Gasteiger partial charge in [0, 0.05) is 18.2 Å². The van der Waals surface area contributed by atoms with E-state index in [9.17, 15) is 14.7 Å². The van der Waals surface area contributed by atoms with E-state index in [-0.39, 0.29) is 23.9 Å². The summed E-state index contributed by atoms with van der Waals surface area (Å²) in [6.45, 7) is 2.23. The fourth-order valence-corrected chi connectivity index (χ4v) is 4.33. The maximum absolute atomic E-state index is 11.3. The number of halogens is 1. The van der Waals surface area contributed by atoms with E-state index in [1.165, 1.54) is 6.07 Å². The Labute approximate surface area is 230 Å². The number of primary amides is 1. The molecule has 11 heteroatoms. The Bertz CT molecular complexity index is 1360. The number of carboxylic acid groups (broad SMARTS) is 1. The minimum Gasteiger partial charge on any atom is -0.487 e. The smallest absolute Gasteiger partial charge is 0.323 e. The lowest BCUT2D eigenvalue weighted by atomic mass is 9.96. The summed E-state index contributed by atoms with van der Waals surface area (Å²) in [4.78, 5) is 22.5. The van der Waals surface area contributed by atoms with Crippen LogP contribution in [0.2, 0.25) is 5.02 Å². The Kier molecular flexibility index (Phi) is 9.13. The molecule has 1 aliphatic rings. The number of rotatable bonds is 12. The molecule has 1 aliphatic heterocycles. The van der Waals surface area contributed by atoms with Crippen molar-refractivity contribution in [3.05, 3.63) is 70.2 Å². The molecule has 0 saturated carbocycles. The van der Waals surface area contributed by atoms with E-state index < -0.39 is 31.1 Å². The number of ether oxygens (including phenoxy) is 4. The lowest BCUT2D eigenvalue weighted by molar-refractivity contribution is -0.140. The molecule has 5 N–H and O–H groups in total. The number of aliphatic hydroxyl groups is 1. The van der Waals surface area contributed by atoms with Crippen molar-refractivity contribution in [2.75, 3.05) is 26.4 Å². The maximum Gasteiger partial charge on any atom is 0.323 e. The number of aliphatic carboxylic acids is 1. The van der Waals surface area contributed by atoms with Crippen LogP contribution in [0.1, 0.15) is 16.7 Å². The third kappa shape index (κ3) is 6.91. The standard InChI is InChI=1S/C28H29ClN2O8/c1-16-18(3-2-4-20(16)17-5-6-23-26(10-17)37-8-7-36-23)14-38-25-11-24(39-15-27(30)33)19(9-21(25)29)12-31-22(13-32)28(34)35/h2-6,9-11,22,31-32H,7-8,12-15H2,1H3,(H2,30,33)(H,34,35). The molecule has 0 bridgehead atoms. The SMILES string of the molecule is Cc1c(COc2cc(OCC(N)=O)c(CNC(CO)C(=O)O)cc2Cl)cccc1-c1ccc2c(c1)OCCO2. The maximum atomic E-state index is 11.3. The number of carbonyl (C=O) groups excluding carboxylic acids is 1. The van der Waals surface area contributed by atoms with Gasteiger partial charge in [-0.15, -0.1) is 0 Å². The second kappa shape index (κ2) is 12.7. The molecule has 1 heterocycles. The summed E-state index contributed by atoms with van der Waals surface area (Å²) in [5, 5.41) is 21.4. The van der Waals surface area contributed by atoms with Crippen LogP contribution in [0.15, 0.2) is 48.5 Å².